The number of piperidine rings is 1. The first-order chi connectivity index (χ1) is 19.7. The fraction of sp³-hybridized carbons (Fsp3) is 0.710. The summed E-state index contributed by atoms with van der Waals surface area (Å²) in [5.74, 6) is -0.0351. The monoisotopic (exact) mass is 570 g/mol. The second-order valence-electron chi connectivity index (χ2n) is 12.7. The highest BCUT2D eigenvalue weighted by molar-refractivity contribution is 6.04. The Balaban J connectivity index is 1.34. The zero-order valence-corrected chi connectivity index (χ0v) is 25.0. The van der Waals surface area contributed by atoms with E-state index in [0.29, 0.717) is 57.1 Å². The lowest BCUT2D eigenvalue weighted by atomic mass is 9.87. The summed E-state index contributed by atoms with van der Waals surface area (Å²) in [6, 6.07) is 5.83. The third-order valence-electron chi connectivity index (χ3n) is 8.96. The molecule has 2 aliphatic heterocycles. The fourth-order valence-electron chi connectivity index (χ4n) is 6.67. The van der Waals surface area contributed by atoms with Crippen LogP contribution in [0.4, 0.5) is 11.4 Å². The summed E-state index contributed by atoms with van der Waals surface area (Å²) in [7, 11) is 3.33. The molecule has 0 bridgehead atoms. The number of rotatable bonds is 11. The Bertz CT molecular complexity index is 1130. The number of hydrogen-bond acceptors (Lipinski definition) is 7. The largest absolute Gasteiger partial charge is 0.476 e. The van der Waals surface area contributed by atoms with Gasteiger partial charge >= 0.3 is 0 Å². The first-order valence-electron chi connectivity index (χ1n) is 15.2. The molecule has 1 aromatic rings. The van der Waals surface area contributed by atoms with E-state index in [4.69, 9.17) is 14.2 Å². The number of anilines is 2. The first kappa shape index (κ1) is 29.8. The van der Waals surface area contributed by atoms with Crippen molar-refractivity contribution in [3.8, 4) is 5.75 Å². The van der Waals surface area contributed by atoms with Gasteiger partial charge in [0.05, 0.1) is 29.7 Å². The molecule has 0 aromatic heterocycles. The molecule has 2 saturated carbocycles. The number of methoxy groups -OCH3 is 2. The predicted octanol–water partition coefficient (Wildman–Crippen LogP) is 3.02. The van der Waals surface area contributed by atoms with Gasteiger partial charge in [-0.2, -0.15) is 0 Å². The van der Waals surface area contributed by atoms with Crippen LogP contribution in [0.25, 0.3) is 0 Å². The third-order valence-corrected chi connectivity index (χ3v) is 8.96. The highest BCUT2D eigenvalue weighted by Gasteiger charge is 2.44. The topological polar surface area (TPSA) is 109 Å². The number of ether oxygens (including phenoxy) is 3. The summed E-state index contributed by atoms with van der Waals surface area (Å²) < 4.78 is 16.8. The molecule has 226 valence electrons. The van der Waals surface area contributed by atoms with Gasteiger partial charge in [-0.1, -0.05) is 12.8 Å². The van der Waals surface area contributed by atoms with Crippen molar-refractivity contribution in [1.29, 1.82) is 0 Å². The summed E-state index contributed by atoms with van der Waals surface area (Å²) in [6.45, 7) is 6.22. The van der Waals surface area contributed by atoms with Crippen molar-refractivity contribution in [3.05, 3.63) is 18.2 Å². The van der Waals surface area contributed by atoms with Crippen LogP contribution in [0.5, 0.6) is 5.75 Å². The summed E-state index contributed by atoms with van der Waals surface area (Å²) in [5, 5.41) is 6.66. The molecule has 10 nitrogen and oxygen atoms in total. The standard InChI is InChI=1S/C31H46N4O6/c1-30(2)29(38)34(14-7-15-39-3)25-17-24(10-11-26(25)41-30)35(23-8-9-23)28(37)22-16-21(18-32-19-22)27(36)33-31(20-40-4)12-5-6-13-31/h10-11,17,21-23,32H,5-9,12-16,18-20H2,1-4H3,(H,33,36)/t21-,22+/m0/s1. The summed E-state index contributed by atoms with van der Waals surface area (Å²) in [6.07, 6.45) is 7.10. The second kappa shape index (κ2) is 12.3. The van der Waals surface area contributed by atoms with E-state index in [1.54, 1.807) is 33.0 Å². The zero-order valence-electron chi connectivity index (χ0n) is 25.0. The van der Waals surface area contributed by atoms with E-state index in [0.717, 1.165) is 44.2 Å². The van der Waals surface area contributed by atoms with E-state index in [2.05, 4.69) is 10.6 Å². The van der Waals surface area contributed by atoms with E-state index in [1.807, 2.05) is 23.1 Å². The molecule has 5 rings (SSSR count). The van der Waals surface area contributed by atoms with Gasteiger partial charge in [-0.05, 0) is 70.6 Å². The lowest BCUT2D eigenvalue weighted by Crippen LogP contribution is -2.55. The Labute approximate surface area is 243 Å². The van der Waals surface area contributed by atoms with E-state index >= 15 is 0 Å². The maximum Gasteiger partial charge on any atom is 0.270 e. The molecule has 10 heteroatoms. The quantitative estimate of drug-likeness (QED) is 0.394. The van der Waals surface area contributed by atoms with Gasteiger partial charge in [-0.25, -0.2) is 0 Å². The SMILES string of the molecule is COCCCN1C(=O)C(C)(C)Oc2ccc(N(C(=O)[C@H]3CNC[C@@H](C(=O)NC4(COC)CCCC4)C3)C3CC3)cc21. The Morgan fingerprint density at radius 2 is 1.85 bits per heavy atom. The number of carbonyl (C=O) groups is 3. The van der Waals surface area contributed by atoms with Crippen LogP contribution in [0.2, 0.25) is 0 Å². The molecule has 2 aliphatic carbocycles. The predicted molar refractivity (Wildman–Crippen MR) is 156 cm³/mol. The molecule has 1 saturated heterocycles. The summed E-state index contributed by atoms with van der Waals surface area (Å²) >= 11 is 0. The molecule has 3 fully saturated rings. The van der Waals surface area contributed by atoms with Crippen LogP contribution in [-0.4, -0.2) is 82.0 Å². The number of nitrogens with zero attached hydrogens (tertiary/aromatic N) is 2. The lowest BCUT2D eigenvalue weighted by molar-refractivity contribution is -0.133. The molecular weight excluding hydrogens is 524 g/mol. The van der Waals surface area contributed by atoms with Crippen molar-refractivity contribution in [2.75, 3.05) is 56.9 Å². The minimum Gasteiger partial charge on any atom is -0.476 e. The number of nitrogens with one attached hydrogen (secondary N) is 2. The van der Waals surface area contributed by atoms with Gasteiger partial charge in [0.2, 0.25) is 11.8 Å². The smallest absolute Gasteiger partial charge is 0.270 e. The molecule has 4 aliphatic rings. The van der Waals surface area contributed by atoms with E-state index in [-0.39, 0.29) is 41.1 Å². The van der Waals surface area contributed by atoms with Crippen molar-refractivity contribution in [1.82, 2.24) is 10.6 Å². The minimum atomic E-state index is -0.975. The minimum absolute atomic E-state index is 0.00526. The van der Waals surface area contributed by atoms with Crippen LogP contribution in [0, 0.1) is 11.8 Å². The van der Waals surface area contributed by atoms with Gasteiger partial charge in [0.15, 0.2) is 5.60 Å². The summed E-state index contributed by atoms with van der Waals surface area (Å²) in [4.78, 5) is 44.5. The van der Waals surface area contributed by atoms with Crippen LogP contribution in [-0.2, 0) is 23.9 Å². The van der Waals surface area contributed by atoms with E-state index in [1.165, 1.54) is 0 Å². The molecule has 3 amide bonds. The van der Waals surface area contributed by atoms with Gasteiger partial charge in [-0.15, -0.1) is 0 Å². The Kier molecular flexibility index (Phi) is 8.92. The van der Waals surface area contributed by atoms with Crippen molar-refractivity contribution >= 4 is 29.1 Å². The van der Waals surface area contributed by atoms with Crippen molar-refractivity contribution in [2.45, 2.75) is 82.4 Å². The average Bonchev–Trinajstić information content (AvgIpc) is 3.69. The molecule has 2 N–H and O–H groups in total. The Morgan fingerprint density at radius 1 is 1.12 bits per heavy atom. The van der Waals surface area contributed by atoms with E-state index < -0.39 is 5.60 Å². The van der Waals surface area contributed by atoms with Crippen LogP contribution < -0.4 is 25.2 Å². The zero-order chi connectivity index (χ0) is 29.2. The normalized spacial score (nSPS) is 24.9. The molecule has 41 heavy (non-hydrogen) atoms. The highest BCUT2D eigenvalue weighted by atomic mass is 16.5. The number of amides is 3. The summed E-state index contributed by atoms with van der Waals surface area (Å²) in [5.41, 5.74) is 0.174. The maximum atomic E-state index is 14.1. The van der Waals surface area contributed by atoms with Gasteiger partial charge in [0.25, 0.3) is 5.91 Å². The molecule has 0 radical (unpaired) electrons. The van der Waals surface area contributed by atoms with Crippen LogP contribution in [0.15, 0.2) is 18.2 Å². The number of hydrogen-bond donors (Lipinski definition) is 2. The average molecular weight is 571 g/mol. The van der Waals surface area contributed by atoms with Crippen LogP contribution >= 0.6 is 0 Å². The molecule has 0 unspecified atom stereocenters. The first-order valence-corrected chi connectivity index (χ1v) is 15.2. The number of carbonyl (C=O) groups excluding carboxylic acids is 3. The van der Waals surface area contributed by atoms with Gasteiger partial charge in [0, 0.05) is 52.2 Å². The van der Waals surface area contributed by atoms with Crippen molar-refractivity contribution in [2.24, 2.45) is 11.8 Å². The van der Waals surface area contributed by atoms with Crippen molar-refractivity contribution in [3.63, 3.8) is 0 Å². The van der Waals surface area contributed by atoms with Crippen LogP contribution in [0.1, 0.15) is 65.2 Å². The Hall–Kier alpha value is -2.69. The third kappa shape index (κ3) is 6.39. The van der Waals surface area contributed by atoms with Crippen molar-refractivity contribution < 1.29 is 28.6 Å². The molecule has 0 spiro atoms. The number of benzene rings is 1. The number of fused-ring (bicyclic) bond motifs is 1. The molecule has 2 atom stereocenters. The maximum absolute atomic E-state index is 14.1. The van der Waals surface area contributed by atoms with Gasteiger partial charge in [0.1, 0.15) is 5.75 Å². The molecule has 2 heterocycles. The molecule has 1 aromatic carbocycles. The second-order valence-corrected chi connectivity index (χ2v) is 12.7. The fourth-order valence-corrected chi connectivity index (χ4v) is 6.67. The van der Waals surface area contributed by atoms with Crippen LogP contribution in [0.3, 0.4) is 0 Å². The highest BCUT2D eigenvalue weighted by Crippen LogP contribution is 2.43. The Morgan fingerprint density at radius 3 is 2.54 bits per heavy atom. The lowest BCUT2D eigenvalue weighted by Gasteiger charge is -2.40. The molecular formula is C31H46N4O6. The van der Waals surface area contributed by atoms with Gasteiger partial charge < -0.3 is 34.6 Å². The van der Waals surface area contributed by atoms with Gasteiger partial charge in [-0.3, -0.25) is 14.4 Å². The van der Waals surface area contributed by atoms with E-state index in [9.17, 15) is 14.4 Å².